The van der Waals surface area contributed by atoms with Crippen molar-refractivity contribution in [2.24, 2.45) is 16.8 Å². The molecule has 1 aromatic heterocycles. The van der Waals surface area contributed by atoms with Crippen LogP contribution in [0.1, 0.15) is 44.6 Å². The van der Waals surface area contributed by atoms with Gasteiger partial charge >= 0.3 is 5.97 Å². The number of esters is 1. The van der Waals surface area contributed by atoms with Gasteiger partial charge in [-0.3, -0.25) is 9.79 Å². The highest BCUT2D eigenvalue weighted by Gasteiger charge is 2.36. The first-order chi connectivity index (χ1) is 13.6. The molecule has 3 rings (SSSR count). The number of likely N-dealkylation sites (tertiary alicyclic amines) is 1. The highest BCUT2D eigenvalue weighted by Crippen LogP contribution is 2.25. The molecule has 0 aromatic carbocycles. The molecule has 1 N–H and O–H groups in total. The molecule has 1 saturated carbocycles. The lowest BCUT2D eigenvalue weighted by molar-refractivity contribution is -0.145. The molecule has 0 radical (unpaired) electrons. The zero-order chi connectivity index (χ0) is 19.9. The second kappa shape index (κ2) is 11.6. The zero-order valence-corrected chi connectivity index (χ0v) is 19.9. The van der Waals surface area contributed by atoms with E-state index in [-0.39, 0.29) is 41.8 Å². The average molecular weight is 516 g/mol. The minimum Gasteiger partial charge on any atom is -0.474 e. The SMILES string of the molecule is CN=C(NCc1ccnc(OC2CCCCC2)c1)N1CC(C)C(C(=O)OC)C1.I. The van der Waals surface area contributed by atoms with E-state index in [1.807, 2.05) is 12.1 Å². The summed E-state index contributed by atoms with van der Waals surface area (Å²) < 4.78 is 11.0. The Hall–Kier alpha value is -1.58. The van der Waals surface area contributed by atoms with E-state index in [0.717, 1.165) is 30.9 Å². The van der Waals surface area contributed by atoms with Gasteiger partial charge in [0.1, 0.15) is 6.10 Å². The van der Waals surface area contributed by atoms with Crippen molar-refractivity contribution in [2.45, 2.75) is 51.7 Å². The summed E-state index contributed by atoms with van der Waals surface area (Å²) in [5.41, 5.74) is 1.10. The summed E-state index contributed by atoms with van der Waals surface area (Å²) in [7, 11) is 3.21. The first kappa shape index (κ1) is 23.7. The van der Waals surface area contributed by atoms with E-state index in [1.165, 1.54) is 26.4 Å². The Balaban J connectivity index is 0.00000300. The number of aromatic nitrogens is 1. The molecule has 8 heteroatoms. The normalized spacial score (nSPS) is 22.7. The number of ether oxygens (including phenoxy) is 2. The number of nitrogens with zero attached hydrogens (tertiary/aromatic N) is 3. The van der Waals surface area contributed by atoms with Gasteiger partial charge in [0, 0.05) is 38.9 Å². The molecule has 2 unspecified atom stereocenters. The van der Waals surface area contributed by atoms with Crippen LogP contribution in [0, 0.1) is 11.8 Å². The number of guanidine groups is 1. The fourth-order valence-corrected chi connectivity index (χ4v) is 4.09. The second-order valence-electron chi connectivity index (χ2n) is 7.79. The summed E-state index contributed by atoms with van der Waals surface area (Å²) in [6.45, 7) is 4.11. The molecule has 7 nitrogen and oxygen atoms in total. The monoisotopic (exact) mass is 516 g/mol. The van der Waals surface area contributed by atoms with Crippen molar-refractivity contribution in [2.75, 3.05) is 27.2 Å². The van der Waals surface area contributed by atoms with Crippen LogP contribution in [0.4, 0.5) is 0 Å². The first-order valence-corrected chi connectivity index (χ1v) is 10.3. The third kappa shape index (κ3) is 6.45. The maximum Gasteiger partial charge on any atom is 0.310 e. The molecule has 2 atom stereocenters. The Morgan fingerprint density at radius 3 is 2.76 bits per heavy atom. The van der Waals surface area contributed by atoms with Crippen molar-refractivity contribution in [3.63, 3.8) is 0 Å². The number of hydrogen-bond acceptors (Lipinski definition) is 5. The van der Waals surface area contributed by atoms with E-state index < -0.39 is 0 Å². The largest absolute Gasteiger partial charge is 0.474 e. The molecule has 1 saturated heterocycles. The van der Waals surface area contributed by atoms with Crippen molar-refractivity contribution in [3.8, 4) is 5.88 Å². The molecule has 2 fully saturated rings. The highest BCUT2D eigenvalue weighted by molar-refractivity contribution is 14.0. The summed E-state index contributed by atoms with van der Waals surface area (Å²) in [6.07, 6.45) is 8.10. The number of halogens is 1. The van der Waals surface area contributed by atoms with Gasteiger partial charge in [-0.05, 0) is 43.2 Å². The number of pyridine rings is 1. The molecule has 1 aromatic rings. The van der Waals surface area contributed by atoms with E-state index in [0.29, 0.717) is 25.1 Å². The summed E-state index contributed by atoms with van der Waals surface area (Å²) in [6, 6.07) is 3.98. The lowest BCUT2D eigenvalue weighted by Gasteiger charge is -2.23. The fourth-order valence-electron chi connectivity index (χ4n) is 4.09. The smallest absolute Gasteiger partial charge is 0.310 e. The second-order valence-corrected chi connectivity index (χ2v) is 7.79. The van der Waals surface area contributed by atoms with Crippen molar-refractivity contribution < 1.29 is 14.3 Å². The molecular weight excluding hydrogens is 483 g/mol. The van der Waals surface area contributed by atoms with Crippen LogP contribution >= 0.6 is 24.0 Å². The number of carbonyl (C=O) groups excluding carboxylic acids is 1. The summed E-state index contributed by atoms with van der Waals surface area (Å²) in [4.78, 5) is 22.8. The van der Waals surface area contributed by atoms with Gasteiger partial charge in [0.25, 0.3) is 0 Å². The maximum atomic E-state index is 11.9. The maximum absolute atomic E-state index is 11.9. The first-order valence-electron chi connectivity index (χ1n) is 10.3. The van der Waals surface area contributed by atoms with Gasteiger partial charge in [-0.1, -0.05) is 13.3 Å². The van der Waals surface area contributed by atoms with Gasteiger partial charge in [0.2, 0.25) is 5.88 Å². The topological polar surface area (TPSA) is 76.1 Å². The summed E-state index contributed by atoms with van der Waals surface area (Å²) in [5, 5.41) is 3.40. The Morgan fingerprint density at radius 2 is 2.07 bits per heavy atom. The van der Waals surface area contributed by atoms with Crippen LogP contribution < -0.4 is 10.1 Å². The predicted molar refractivity (Wildman–Crippen MR) is 124 cm³/mol. The van der Waals surface area contributed by atoms with Gasteiger partial charge in [0.05, 0.1) is 13.0 Å². The molecule has 0 bridgehead atoms. The Kier molecular flexibility index (Phi) is 9.45. The molecule has 2 aliphatic rings. The van der Waals surface area contributed by atoms with Crippen LogP contribution in [0.3, 0.4) is 0 Å². The number of rotatable bonds is 5. The molecular formula is C21H33IN4O3. The summed E-state index contributed by atoms with van der Waals surface area (Å²) >= 11 is 0. The number of carbonyl (C=O) groups is 1. The standard InChI is InChI=1S/C21H32N4O3.HI/c1-15-13-25(14-18(15)20(26)27-3)21(22-2)24-12-16-9-10-23-19(11-16)28-17-7-5-4-6-8-17;/h9-11,15,17-18H,4-8,12-14H2,1-3H3,(H,22,24);1H. The molecule has 0 spiro atoms. The minimum atomic E-state index is -0.149. The van der Waals surface area contributed by atoms with Crippen molar-refractivity contribution in [3.05, 3.63) is 23.9 Å². The number of nitrogens with one attached hydrogen (secondary N) is 1. The summed E-state index contributed by atoms with van der Waals surface area (Å²) in [5.74, 6) is 1.47. The highest BCUT2D eigenvalue weighted by atomic mass is 127. The van der Waals surface area contributed by atoms with Crippen LogP contribution in [-0.2, 0) is 16.1 Å². The molecule has 162 valence electrons. The van der Waals surface area contributed by atoms with Gasteiger partial charge in [0.15, 0.2) is 5.96 Å². The van der Waals surface area contributed by atoms with Crippen LogP contribution in [0.15, 0.2) is 23.3 Å². The predicted octanol–water partition coefficient (Wildman–Crippen LogP) is 3.23. The van der Waals surface area contributed by atoms with Crippen molar-refractivity contribution in [1.29, 1.82) is 0 Å². The molecule has 0 amide bonds. The Bertz CT molecular complexity index is 694. The van der Waals surface area contributed by atoms with E-state index >= 15 is 0 Å². The number of methoxy groups -OCH3 is 1. The Morgan fingerprint density at radius 1 is 1.31 bits per heavy atom. The third-order valence-electron chi connectivity index (χ3n) is 5.72. The molecule has 1 aliphatic carbocycles. The lowest BCUT2D eigenvalue weighted by Crippen LogP contribution is -2.40. The van der Waals surface area contributed by atoms with Crippen LogP contribution in [-0.4, -0.2) is 55.2 Å². The molecule has 1 aliphatic heterocycles. The number of aliphatic imine (C=N–C) groups is 1. The van der Waals surface area contributed by atoms with Crippen molar-refractivity contribution >= 4 is 35.9 Å². The lowest BCUT2D eigenvalue weighted by atomic mass is 9.98. The average Bonchev–Trinajstić information content (AvgIpc) is 3.10. The van der Waals surface area contributed by atoms with E-state index in [4.69, 9.17) is 9.47 Å². The van der Waals surface area contributed by atoms with Gasteiger partial charge in [-0.25, -0.2) is 4.98 Å². The quantitative estimate of drug-likeness (QED) is 0.281. The van der Waals surface area contributed by atoms with E-state index in [9.17, 15) is 4.79 Å². The number of hydrogen-bond donors (Lipinski definition) is 1. The third-order valence-corrected chi connectivity index (χ3v) is 5.72. The molecule has 29 heavy (non-hydrogen) atoms. The van der Waals surface area contributed by atoms with Gasteiger partial charge < -0.3 is 19.7 Å². The zero-order valence-electron chi connectivity index (χ0n) is 17.6. The van der Waals surface area contributed by atoms with Gasteiger partial charge in [-0.2, -0.15) is 0 Å². The minimum absolute atomic E-state index is 0. The molecule has 2 heterocycles. The van der Waals surface area contributed by atoms with Gasteiger partial charge in [-0.15, -0.1) is 24.0 Å². The van der Waals surface area contributed by atoms with Crippen LogP contribution in [0.2, 0.25) is 0 Å². The van der Waals surface area contributed by atoms with E-state index in [2.05, 4.69) is 27.1 Å². The Labute approximate surface area is 190 Å². The van der Waals surface area contributed by atoms with Crippen LogP contribution in [0.5, 0.6) is 5.88 Å². The van der Waals surface area contributed by atoms with Crippen molar-refractivity contribution in [1.82, 2.24) is 15.2 Å². The van der Waals surface area contributed by atoms with E-state index in [1.54, 1.807) is 13.2 Å². The fraction of sp³-hybridized carbons (Fsp3) is 0.667. The van der Waals surface area contributed by atoms with Crippen LogP contribution in [0.25, 0.3) is 0 Å².